The van der Waals surface area contributed by atoms with Crippen LogP contribution in [0.2, 0.25) is 5.02 Å². The largest absolute Gasteiger partial charge is 0.488 e. The Bertz CT molecular complexity index is 1630. The number of rotatable bonds is 6. The van der Waals surface area contributed by atoms with E-state index >= 15 is 4.39 Å². The number of nitrogens with zero attached hydrogens (tertiary/aromatic N) is 4. The second-order valence-electron chi connectivity index (χ2n) is 11.1. The molecule has 1 N–H and O–H groups in total. The number of carbonyl (C=O) groups is 1. The summed E-state index contributed by atoms with van der Waals surface area (Å²) in [5.74, 6) is -1.06. The van der Waals surface area contributed by atoms with Crippen LogP contribution in [0.4, 0.5) is 14.6 Å². The van der Waals surface area contributed by atoms with Crippen LogP contribution in [-0.4, -0.2) is 77.9 Å². The molecule has 0 aliphatic carbocycles. The standard InChI is InChI=1S/C30H32ClF2N5O4/c1-4-25(39)36-12-17(3)37(13-16(36)2)29-22-10-23(31)26(21-6-5-18(32)9-24(21)33)28-27(22)38(30(40)35-29)19(15-42-28)14-41-20-7-8-34-11-20/h4-6,9-10,16-17,19-20,34H,1,7-8,11-15H2,2-3H3/t16-,17+,19-,20-/m1/s1. The number of halogens is 3. The summed E-state index contributed by atoms with van der Waals surface area (Å²) in [5, 5.41) is 3.99. The molecule has 2 aromatic carbocycles. The average molecular weight is 600 g/mol. The van der Waals surface area contributed by atoms with Crippen LogP contribution >= 0.6 is 11.6 Å². The van der Waals surface area contributed by atoms with Gasteiger partial charge >= 0.3 is 5.69 Å². The Morgan fingerprint density at radius 3 is 2.79 bits per heavy atom. The van der Waals surface area contributed by atoms with Crippen LogP contribution in [0.3, 0.4) is 0 Å². The molecule has 0 saturated carbocycles. The first-order valence-corrected chi connectivity index (χ1v) is 14.4. The minimum atomic E-state index is -0.802. The average Bonchev–Trinajstić information content (AvgIpc) is 3.49. The monoisotopic (exact) mass is 599 g/mol. The van der Waals surface area contributed by atoms with Crippen molar-refractivity contribution < 1.29 is 23.0 Å². The number of anilines is 1. The van der Waals surface area contributed by atoms with Crippen molar-refractivity contribution in [2.75, 3.05) is 44.3 Å². The smallest absolute Gasteiger partial charge is 0.350 e. The van der Waals surface area contributed by atoms with Crippen molar-refractivity contribution in [3.8, 4) is 16.9 Å². The van der Waals surface area contributed by atoms with Gasteiger partial charge in [0.1, 0.15) is 24.1 Å². The number of nitrogens with one attached hydrogen (secondary N) is 1. The van der Waals surface area contributed by atoms with Crippen LogP contribution < -0.4 is 20.6 Å². The Kier molecular flexibility index (Phi) is 7.67. The van der Waals surface area contributed by atoms with E-state index in [-0.39, 0.29) is 59.2 Å². The number of hydrogen-bond acceptors (Lipinski definition) is 7. The Hall–Kier alpha value is -3.54. The number of ether oxygens (including phenoxy) is 2. The number of amides is 1. The van der Waals surface area contributed by atoms with Gasteiger partial charge in [0.15, 0.2) is 5.75 Å². The van der Waals surface area contributed by atoms with Gasteiger partial charge in [-0.25, -0.2) is 13.6 Å². The Morgan fingerprint density at radius 2 is 2.07 bits per heavy atom. The van der Waals surface area contributed by atoms with Crippen molar-refractivity contribution in [1.82, 2.24) is 19.8 Å². The highest BCUT2D eigenvalue weighted by Gasteiger charge is 2.36. The molecule has 2 fully saturated rings. The quantitative estimate of drug-likeness (QED) is 0.430. The highest BCUT2D eigenvalue weighted by atomic mass is 35.5. The maximum atomic E-state index is 15.1. The summed E-state index contributed by atoms with van der Waals surface area (Å²) in [4.78, 5) is 34.6. The van der Waals surface area contributed by atoms with Gasteiger partial charge in [-0.15, -0.1) is 0 Å². The van der Waals surface area contributed by atoms with E-state index in [1.807, 2.05) is 18.7 Å². The van der Waals surface area contributed by atoms with Crippen molar-refractivity contribution in [3.05, 3.63) is 64.1 Å². The summed E-state index contributed by atoms with van der Waals surface area (Å²) >= 11 is 6.82. The lowest BCUT2D eigenvalue weighted by Crippen LogP contribution is -2.58. The minimum absolute atomic E-state index is 0.0239. The van der Waals surface area contributed by atoms with E-state index < -0.39 is 23.4 Å². The SMILES string of the molecule is C=CC(=O)N1C[C@H](C)N(c2nc(=O)n3c4c(c(-c5ccc(F)cc5F)c(Cl)cc24)OC[C@H]3CO[C@@H]2CCNC2)C[C@H]1C. The van der Waals surface area contributed by atoms with E-state index in [9.17, 15) is 14.0 Å². The first-order valence-electron chi connectivity index (χ1n) is 14.1. The van der Waals surface area contributed by atoms with Crippen LogP contribution in [0.15, 0.2) is 41.7 Å². The number of benzene rings is 2. The predicted molar refractivity (Wildman–Crippen MR) is 156 cm³/mol. The van der Waals surface area contributed by atoms with Gasteiger partial charge in [0.25, 0.3) is 0 Å². The maximum absolute atomic E-state index is 15.1. The molecule has 9 nitrogen and oxygen atoms in total. The van der Waals surface area contributed by atoms with Crippen molar-refractivity contribution in [2.24, 2.45) is 0 Å². The van der Waals surface area contributed by atoms with Gasteiger partial charge in [-0.2, -0.15) is 4.98 Å². The molecule has 222 valence electrons. The van der Waals surface area contributed by atoms with E-state index in [0.717, 1.165) is 31.6 Å². The lowest BCUT2D eigenvalue weighted by molar-refractivity contribution is -0.128. The van der Waals surface area contributed by atoms with Crippen molar-refractivity contribution >= 4 is 34.2 Å². The second kappa shape index (κ2) is 11.3. The molecule has 0 unspecified atom stereocenters. The lowest BCUT2D eigenvalue weighted by atomic mass is 9.99. The third-order valence-corrected chi connectivity index (χ3v) is 8.64. The molecule has 0 bridgehead atoms. The van der Waals surface area contributed by atoms with Gasteiger partial charge in [-0.1, -0.05) is 18.2 Å². The van der Waals surface area contributed by atoms with Crippen molar-refractivity contribution in [1.29, 1.82) is 0 Å². The van der Waals surface area contributed by atoms with Crippen molar-refractivity contribution in [3.63, 3.8) is 0 Å². The number of hydrogen-bond donors (Lipinski definition) is 1. The Labute approximate surface area is 246 Å². The maximum Gasteiger partial charge on any atom is 0.350 e. The van der Waals surface area contributed by atoms with E-state index in [2.05, 4.69) is 16.9 Å². The summed E-state index contributed by atoms with van der Waals surface area (Å²) in [6.45, 7) is 10.2. The molecule has 3 aromatic rings. The fourth-order valence-electron chi connectivity index (χ4n) is 6.21. The molecule has 0 radical (unpaired) electrons. The van der Waals surface area contributed by atoms with Crippen LogP contribution in [0.1, 0.15) is 26.3 Å². The summed E-state index contributed by atoms with van der Waals surface area (Å²) in [6, 6.07) is 4.05. The topological polar surface area (TPSA) is 88.9 Å². The van der Waals surface area contributed by atoms with Gasteiger partial charge in [0.05, 0.1) is 29.3 Å². The van der Waals surface area contributed by atoms with E-state index in [1.165, 1.54) is 12.1 Å². The summed E-state index contributed by atoms with van der Waals surface area (Å²) < 4.78 is 42.8. The van der Waals surface area contributed by atoms with Gasteiger partial charge in [-0.3, -0.25) is 9.36 Å². The molecule has 6 rings (SSSR count). The third kappa shape index (κ3) is 4.93. The molecular weight excluding hydrogens is 568 g/mol. The lowest BCUT2D eigenvalue weighted by Gasteiger charge is -2.45. The van der Waals surface area contributed by atoms with E-state index in [1.54, 1.807) is 15.5 Å². The Morgan fingerprint density at radius 1 is 1.26 bits per heavy atom. The molecule has 4 atom stereocenters. The zero-order valence-electron chi connectivity index (χ0n) is 23.4. The number of piperazine rings is 1. The van der Waals surface area contributed by atoms with Crippen LogP contribution in [0, 0.1) is 11.6 Å². The number of aromatic nitrogens is 2. The molecule has 0 spiro atoms. The molecule has 1 amide bonds. The minimum Gasteiger partial charge on any atom is -0.488 e. The van der Waals surface area contributed by atoms with E-state index in [0.29, 0.717) is 29.8 Å². The summed E-state index contributed by atoms with van der Waals surface area (Å²) in [5.41, 5.74) is 0.203. The Balaban J connectivity index is 1.52. The normalized spacial score (nSPS) is 23.7. The molecule has 2 saturated heterocycles. The number of carbonyl (C=O) groups excluding carboxylic acids is 1. The molecule has 4 heterocycles. The van der Waals surface area contributed by atoms with Gasteiger partial charge in [0.2, 0.25) is 5.91 Å². The zero-order valence-corrected chi connectivity index (χ0v) is 24.2. The molecule has 42 heavy (non-hydrogen) atoms. The van der Waals surface area contributed by atoms with Crippen LogP contribution in [0.25, 0.3) is 22.0 Å². The van der Waals surface area contributed by atoms with E-state index in [4.69, 9.17) is 21.1 Å². The second-order valence-corrected chi connectivity index (χ2v) is 11.5. The summed E-state index contributed by atoms with van der Waals surface area (Å²) in [7, 11) is 0. The molecule has 3 aliphatic rings. The molecular formula is C30H32ClF2N5O4. The van der Waals surface area contributed by atoms with Crippen LogP contribution in [0.5, 0.6) is 5.75 Å². The molecule has 1 aromatic heterocycles. The third-order valence-electron chi connectivity index (χ3n) is 8.34. The van der Waals surface area contributed by atoms with Crippen LogP contribution in [-0.2, 0) is 9.53 Å². The first-order chi connectivity index (χ1) is 20.2. The highest BCUT2D eigenvalue weighted by Crippen LogP contribution is 2.47. The fraction of sp³-hybridized carbons (Fsp3) is 0.433. The summed E-state index contributed by atoms with van der Waals surface area (Å²) in [6.07, 6.45) is 2.19. The first kappa shape index (κ1) is 28.6. The van der Waals surface area contributed by atoms with Gasteiger partial charge in [-0.05, 0) is 51.1 Å². The molecule has 3 aliphatic heterocycles. The van der Waals surface area contributed by atoms with Gasteiger partial charge in [0, 0.05) is 54.3 Å². The fourth-order valence-corrected chi connectivity index (χ4v) is 6.50. The van der Waals surface area contributed by atoms with Crippen molar-refractivity contribution in [2.45, 2.75) is 44.5 Å². The van der Waals surface area contributed by atoms with Gasteiger partial charge < -0.3 is 24.6 Å². The zero-order chi connectivity index (χ0) is 29.7. The highest BCUT2D eigenvalue weighted by molar-refractivity contribution is 6.35. The predicted octanol–water partition coefficient (Wildman–Crippen LogP) is 3.92. The molecule has 12 heteroatoms.